The Balaban J connectivity index is 2.16. The molecule has 1 unspecified atom stereocenters. The Kier molecular flexibility index (Phi) is 4.28. The third-order valence-electron chi connectivity index (χ3n) is 2.40. The van der Waals surface area contributed by atoms with Crippen molar-refractivity contribution in [2.45, 2.75) is 13.0 Å². The van der Waals surface area contributed by atoms with Gasteiger partial charge in [0.15, 0.2) is 5.82 Å². The van der Waals surface area contributed by atoms with Gasteiger partial charge in [-0.05, 0) is 18.6 Å². The summed E-state index contributed by atoms with van der Waals surface area (Å²) >= 11 is 11.7. The highest BCUT2D eigenvalue weighted by Gasteiger charge is 2.04. The second kappa shape index (κ2) is 5.94. The Morgan fingerprint density at radius 1 is 1.17 bits per heavy atom. The zero-order valence-electron chi connectivity index (χ0n) is 9.72. The van der Waals surface area contributed by atoms with Crippen LogP contribution >= 0.6 is 23.2 Å². The highest BCUT2D eigenvalue weighted by Crippen LogP contribution is 2.27. The van der Waals surface area contributed by atoms with E-state index in [4.69, 9.17) is 23.2 Å². The Labute approximate surface area is 115 Å². The second-order valence-corrected chi connectivity index (χ2v) is 4.60. The molecule has 3 nitrogen and oxygen atoms in total. The smallest absolute Gasteiger partial charge is 0.192 e. The fourth-order valence-corrected chi connectivity index (χ4v) is 1.84. The van der Waals surface area contributed by atoms with Crippen LogP contribution in [0.2, 0.25) is 10.0 Å². The molecule has 1 aromatic carbocycles. The first-order valence-electron chi connectivity index (χ1n) is 5.43. The summed E-state index contributed by atoms with van der Waals surface area (Å²) in [5.74, 6) is 0.379. The molecule has 18 heavy (non-hydrogen) atoms. The Morgan fingerprint density at radius 2 is 1.89 bits per heavy atom. The van der Waals surface area contributed by atoms with E-state index in [1.165, 1.54) is 6.20 Å². The number of hydrogen-bond donors (Lipinski definition) is 0. The van der Waals surface area contributed by atoms with Crippen LogP contribution in [0.15, 0.2) is 52.8 Å². The fourth-order valence-electron chi connectivity index (χ4n) is 1.42. The highest BCUT2D eigenvalue weighted by atomic mass is 35.5. The minimum atomic E-state index is -0.0419. The van der Waals surface area contributed by atoms with Crippen LogP contribution < -0.4 is 0 Å². The average molecular weight is 280 g/mol. The van der Waals surface area contributed by atoms with Gasteiger partial charge in [-0.15, -0.1) is 5.11 Å². The van der Waals surface area contributed by atoms with E-state index >= 15 is 0 Å². The Hall–Kier alpha value is -1.45. The van der Waals surface area contributed by atoms with Crippen LogP contribution in [0.4, 0.5) is 5.82 Å². The number of benzene rings is 1. The molecule has 0 saturated heterocycles. The Bertz CT molecular complexity index is 555. The van der Waals surface area contributed by atoms with Crippen molar-refractivity contribution in [3.63, 3.8) is 0 Å². The van der Waals surface area contributed by atoms with Crippen molar-refractivity contribution in [2.75, 3.05) is 0 Å². The van der Waals surface area contributed by atoms with Crippen LogP contribution in [-0.4, -0.2) is 4.98 Å². The maximum Gasteiger partial charge on any atom is 0.192 e. The van der Waals surface area contributed by atoms with E-state index in [0.29, 0.717) is 15.9 Å². The molecule has 0 bridgehead atoms. The molecule has 0 N–H and O–H groups in total. The first-order chi connectivity index (χ1) is 8.66. The van der Waals surface area contributed by atoms with E-state index in [0.717, 1.165) is 5.56 Å². The summed E-state index contributed by atoms with van der Waals surface area (Å²) < 4.78 is 0. The van der Waals surface area contributed by atoms with E-state index < -0.39 is 0 Å². The maximum atomic E-state index is 5.96. The molecular weight excluding hydrogens is 269 g/mol. The van der Waals surface area contributed by atoms with E-state index in [-0.39, 0.29) is 6.04 Å². The minimum absolute atomic E-state index is 0.0419. The van der Waals surface area contributed by atoms with Crippen LogP contribution in [0, 0.1) is 0 Å². The van der Waals surface area contributed by atoms with Gasteiger partial charge in [0.25, 0.3) is 0 Å². The summed E-state index contributed by atoms with van der Waals surface area (Å²) in [6, 6.07) is 11.5. The topological polar surface area (TPSA) is 37.6 Å². The summed E-state index contributed by atoms with van der Waals surface area (Å²) in [5.41, 5.74) is 1.09. The van der Waals surface area contributed by atoms with Gasteiger partial charge in [0, 0.05) is 6.20 Å². The molecule has 0 amide bonds. The molecule has 0 fully saturated rings. The van der Waals surface area contributed by atoms with Gasteiger partial charge in [-0.2, -0.15) is 5.11 Å². The number of aromatic nitrogens is 1. The zero-order chi connectivity index (χ0) is 13.0. The van der Waals surface area contributed by atoms with Crippen molar-refractivity contribution in [1.29, 1.82) is 0 Å². The van der Waals surface area contributed by atoms with Gasteiger partial charge in [-0.25, -0.2) is 4.98 Å². The number of rotatable bonds is 3. The van der Waals surface area contributed by atoms with Crippen LogP contribution in [0.3, 0.4) is 0 Å². The predicted molar refractivity (Wildman–Crippen MR) is 73.6 cm³/mol. The van der Waals surface area contributed by atoms with Crippen molar-refractivity contribution in [1.82, 2.24) is 4.98 Å². The van der Waals surface area contributed by atoms with Crippen molar-refractivity contribution in [3.8, 4) is 0 Å². The van der Waals surface area contributed by atoms with Gasteiger partial charge in [0.05, 0.1) is 16.1 Å². The molecule has 5 heteroatoms. The number of nitrogens with zero attached hydrogens (tertiary/aromatic N) is 3. The van der Waals surface area contributed by atoms with E-state index in [1.807, 2.05) is 37.3 Å². The third-order valence-corrected chi connectivity index (χ3v) is 2.88. The molecule has 0 aliphatic carbocycles. The van der Waals surface area contributed by atoms with Crippen LogP contribution in [0.1, 0.15) is 18.5 Å². The molecule has 0 radical (unpaired) electrons. The number of azo groups is 1. The maximum absolute atomic E-state index is 5.96. The highest BCUT2D eigenvalue weighted by molar-refractivity contribution is 6.35. The summed E-state index contributed by atoms with van der Waals surface area (Å²) in [6.07, 6.45) is 1.50. The molecule has 2 rings (SSSR count). The van der Waals surface area contributed by atoms with Gasteiger partial charge >= 0.3 is 0 Å². The molecule has 1 atom stereocenters. The molecule has 1 heterocycles. The molecule has 0 aliphatic rings. The third kappa shape index (κ3) is 3.28. The quantitative estimate of drug-likeness (QED) is 0.709. The molecule has 2 aromatic rings. The van der Waals surface area contributed by atoms with Gasteiger partial charge in [0.1, 0.15) is 0 Å². The van der Waals surface area contributed by atoms with Crippen molar-refractivity contribution < 1.29 is 0 Å². The lowest BCUT2D eigenvalue weighted by Gasteiger charge is -2.04. The first-order valence-corrected chi connectivity index (χ1v) is 6.19. The normalized spacial score (nSPS) is 12.8. The number of halogens is 2. The number of pyridine rings is 1. The minimum Gasteiger partial charge on any atom is -0.233 e. The predicted octanol–water partition coefficient (Wildman–Crippen LogP) is 5.23. The Morgan fingerprint density at radius 3 is 2.56 bits per heavy atom. The lowest BCUT2D eigenvalue weighted by molar-refractivity contribution is 0.760. The van der Waals surface area contributed by atoms with Gasteiger partial charge in [-0.3, -0.25) is 0 Å². The van der Waals surface area contributed by atoms with Crippen LogP contribution in [0.5, 0.6) is 0 Å². The lowest BCUT2D eigenvalue weighted by atomic mass is 10.1. The molecular formula is C13H11Cl2N3. The summed E-state index contributed by atoms with van der Waals surface area (Å²) in [7, 11) is 0. The van der Waals surface area contributed by atoms with Gasteiger partial charge < -0.3 is 0 Å². The van der Waals surface area contributed by atoms with Crippen molar-refractivity contribution >= 4 is 29.0 Å². The monoisotopic (exact) mass is 279 g/mol. The van der Waals surface area contributed by atoms with Crippen LogP contribution in [0.25, 0.3) is 0 Å². The van der Waals surface area contributed by atoms with E-state index in [1.54, 1.807) is 6.07 Å². The van der Waals surface area contributed by atoms with Crippen LogP contribution in [-0.2, 0) is 0 Å². The molecule has 0 aliphatic heterocycles. The SMILES string of the molecule is CC(N=Nc1ncc(Cl)cc1Cl)c1ccccc1. The molecule has 0 saturated carbocycles. The van der Waals surface area contributed by atoms with Gasteiger partial charge in [0.2, 0.25) is 0 Å². The lowest BCUT2D eigenvalue weighted by Crippen LogP contribution is -1.87. The molecule has 1 aromatic heterocycles. The van der Waals surface area contributed by atoms with E-state index in [2.05, 4.69) is 15.2 Å². The standard InChI is InChI=1S/C13H11Cl2N3/c1-9(10-5-3-2-4-6-10)17-18-13-12(15)7-11(14)8-16-13/h2-9H,1H3. The van der Waals surface area contributed by atoms with Crippen molar-refractivity contribution in [3.05, 3.63) is 58.2 Å². The second-order valence-electron chi connectivity index (χ2n) is 3.76. The zero-order valence-corrected chi connectivity index (χ0v) is 11.2. The largest absolute Gasteiger partial charge is 0.233 e. The van der Waals surface area contributed by atoms with Gasteiger partial charge in [-0.1, -0.05) is 53.5 Å². The molecule has 0 spiro atoms. The van der Waals surface area contributed by atoms with Crippen molar-refractivity contribution in [2.24, 2.45) is 10.2 Å². The summed E-state index contributed by atoms with van der Waals surface area (Å²) in [4.78, 5) is 4.02. The molecule has 92 valence electrons. The summed E-state index contributed by atoms with van der Waals surface area (Å²) in [6.45, 7) is 1.96. The number of hydrogen-bond acceptors (Lipinski definition) is 3. The summed E-state index contributed by atoms with van der Waals surface area (Å²) in [5, 5.41) is 9.11. The first kappa shape index (κ1) is 13.0. The average Bonchev–Trinajstić information content (AvgIpc) is 2.38. The van der Waals surface area contributed by atoms with E-state index in [9.17, 15) is 0 Å². The fraction of sp³-hybridized carbons (Fsp3) is 0.154.